The van der Waals surface area contributed by atoms with E-state index in [2.05, 4.69) is 21.2 Å². The fraction of sp³-hybridized carbons (Fsp3) is 0.333. The molecule has 1 atom stereocenters. The molecule has 0 radical (unpaired) electrons. The van der Waals surface area contributed by atoms with E-state index in [0.29, 0.717) is 33.3 Å². The molecule has 2 aliphatic rings. The summed E-state index contributed by atoms with van der Waals surface area (Å²) in [5, 5.41) is 3.19. The van der Waals surface area contributed by atoms with Crippen molar-refractivity contribution in [1.29, 1.82) is 0 Å². The molecule has 0 fully saturated rings. The second-order valence-electron chi connectivity index (χ2n) is 5.93. The molecular formula is C18H17BrFNO3. The lowest BCUT2D eigenvalue weighted by atomic mass is 9.75. The number of dihydropyridines is 1. The molecule has 1 aromatic carbocycles. The van der Waals surface area contributed by atoms with Gasteiger partial charge >= 0.3 is 5.97 Å². The van der Waals surface area contributed by atoms with Crippen molar-refractivity contribution in [1.82, 2.24) is 5.32 Å². The maximum Gasteiger partial charge on any atom is 0.336 e. The van der Waals surface area contributed by atoms with Crippen LogP contribution in [0, 0.1) is 5.82 Å². The molecule has 4 nitrogen and oxygen atoms in total. The van der Waals surface area contributed by atoms with E-state index in [9.17, 15) is 14.0 Å². The van der Waals surface area contributed by atoms with Gasteiger partial charge in [0.2, 0.25) is 0 Å². The van der Waals surface area contributed by atoms with Gasteiger partial charge in [0.15, 0.2) is 5.78 Å². The standard InChI is InChI=1S/C18H17BrFNO3/c1-9-15(18(23)24-2)16(10-6-7-12(20)11(19)8-10)17-13(21-9)4-3-5-14(17)22/h6-8,16,21H,3-5H2,1-2H3. The SMILES string of the molecule is COC(=O)C1=C(C)NC2=C(C(=O)CCC2)C1c1ccc(F)c(Br)c1. The summed E-state index contributed by atoms with van der Waals surface area (Å²) >= 11 is 3.18. The quantitative estimate of drug-likeness (QED) is 0.777. The van der Waals surface area contributed by atoms with Crippen molar-refractivity contribution in [3.63, 3.8) is 0 Å². The van der Waals surface area contributed by atoms with Crippen LogP contribution in [0.5, 0.6) is 0 Å². The molecule has 1 aliphatic heterocycles. The van der Waals surface area contributed by atoms with Crippen LogP contribution < -0.4 is 5.32 Å². The minimum Gasteiger partial charge on any atom is -0.466 e. The Morgan fingerprint density at radius 2 is 2.12 bits per heavy atom. The van der Waals surface area contributed by atoms with E-state index in [-0.39, 0.29) is 5.78 Å². The third kappa shape index (κ3) is 2.79. The van der Waals surface area contributed by atoms with E-state index in [1.807, 2.05) is 0 Å². The number of ether oxygens (including phenoxy) is 1. The van der Waals surface area contributed by atoms with Crippen molar-refractivity contribution in [2.24, 2.45) is 0 Å². The number of halogens is 2. The molecule has 1 aliphatic carbocycles. The highest BCUT2D eigenvalue weighted by Gasteiger charge is 2.39. The maximum atomic E-state index is 13.6. The number of hydrogen-bond donors (Lipinski definition) is 1. The Kier molecular flexibility index (Phi) is 4.58. The van der Waals surface area contributed by atoms with Crippen LogP contribution in [0.4, 0.5) is 4.39 Å². The van der Waals surface area contributed by atoms with Crippen LogP contribution in [0.15, 0.2) is 45.2 Å². The molecule has 1 N–H and O–H groups in total. The van der Waals surface area contributed by atoms with Gasteiger partial charge < -0.3 is 10.1 Å². The van der Waals surface area contributed by atoms with Crippen LogP contribution in [0.1, 0.15) is 37.7 Å². The zero-order valence-corrected chi connectivity index (χ0v) is 15.0. The number of esters is 1. The van der Waals surface area contributed by atoms with E-state index in [0.717, 1.165) is 18.5 Å². The molecule has 0 bridgehead atoms. The van der Waals surface area contributed by atoms with Crippen LogP contribution in [0.3, 0.4) is 0 Å². The number of ketones is 1. The van der Waals surface area contributed by atoms with Gasteiger partial charge in [0.1, 0.15) is 5.82 Å². The molecular weight excluding hydrogens is 377 g/mol. The third-order valence-corrected chi connectivity index (χ3v) is 5.07. The summed E-state index contributed by atoms with van der Waals surface area (Å²) in [6.45, 7) is 1.79. The Morgan fingerprint density at radius 3 is 2.79 bits per heavy atom. The summed E-state index contributed by atoms with van der Waals surface area (Å²) in [7, 11) is 1.31. The normalized spacial score (nSPS) is 20.7. The van der Waals surface area contributed by atoms with Crippen molar-refractivity contribution in [3.8, 4) is 0 Å². The van der Waals surface area contributed by atoms with Gasteiger partial charge in [0.25, 0.3) is 0 Å². The molecule has 24 heavy (non-hydrogen) atoms. The molecule has 0 saturated carbocycles. The highest BCUT2D eigenvalue weighted by atomic mass is 79.9. The number of Topliss-reactive ketones (excluding diaryl/α,β-unsaturated/α-hetero) is 1. The largest absolute Gasteiger partial charge is 0.466 e. The molecule has 0 amide bonds. The summed E-state index contributed by atoms with van der Waals surface area (Å²) in [6, 6.07) is 4.56. The molecule has 1 heterocycles. The topological polar surface area (TPSA) is 55.4 Å². The molecule has 126 valence electrons. The number of hydrogen-bond acceptors (Lipinski definition) is 4. The Morgan fingerprint density at radius 1 is 1.38 bits per heavy atom. The van der Waals surface area contributed by atoms with Gasteiger partial charge in [-0.05, 0) is 53.4 Å². The van der Waals surface area contributed by atoms with Gasteiger partial charge in [-0.1, -0.05) is 6.07 Å². The number of rotatable bonds is 2. The van der Waals surface area contributed by atoms with Crippen molar-refractivity contribution in [2.45, 2.75) is 32.1 Å². The lowest BCUT2D eigenvalue weighted by Gasteiger charge is -2.34. The fourth-order valence-corrected chi connectivity index (χ4v) is 3.79. The number of allylic oxidation sites excluding steroid dienone is 3. The molecule has 0 spiro atoms. The molecule has 0 aromatic heterocycles. The summed E-state index contributed by atoms with van der Waals surface area (Å²) in [4.78, 5) is 24.9. The monoisotopic (exact) mass is 393 g/mol. The smallest absolute Gasteiger partial charge is 0.336 e. The van der Waals surface area contributed by atoms with Crippen LogP contribution in [-0.2, 0) is 14.3 Å². The van der Waals surface area contributed by atoms with Crippen molar-refractivity contribution < 1.29 is 18.7 Å². The Hall–Kier alpha value is -1.95. The van der Waals surface area contributed by atoms with Gasteiger partial charge in [-0.15, -0.1) is 0 Å². The molecule has 1 aromatic rings. The summed E-state index contributed by atoms with van der Waals surface area (Å²) in [6.07, 6.45) is 1.99. The second kappa shape index (κ2) is 6.51. The van der Waals surface area contributed by atoms with Gasteiger partial charge in [-0.3, -0.25) is 4.79 Å². The molecule has 6 heteroatoms. The molecule has 3 rings (SSSR count). The first-order valence-corrected chi connectivity index (χ1v) is 8.50. The predicted molar refractivity (Wildman–Crippen MR) is 90.6 cm³/mol. The number of carbonyl (C=O) groups is 2. The van der Waals surface area contributed by atoms with Crippen molar-refractivity contribution in [3.05, 3.63) is 56.6 Å². The average molecular weight is 394 g/mol. The number of benzene rings is 1. The van der Waals surface area contributed by atoms with E-state index in [1.165, 1.54) is 13.2 Å². The van der Waals surface area contributed by atoms with Gasteiger partial charge in [0, 0.05) is 29.3 Å². The van der Waals surface area contributed by atoms with Crippen molar-refractivity contribution in [2.75, 3.05) is 7.11 Å². The minimum atomic E-state index is -0.543. The third-order valence-electron chi connectivity index (χ3n) is 4.46. The minimum absolute atomic E-state index is 0.0168. The lowest BCUT2D eigenvalue weighted by Crippen LogP contribution is -2.34. The fourth-order valence-electron chi connectivity index (χ4n) is 3.39. The lowest BCUT2D eigenvalue weighted by molar-refractivity contribution is -0.136. The van der Waals surface area contributed by atoms with Crippen LogP contribution in [0.25, 0.3) is 0 Å². The highest BCUT2D eigenvalue weighted by molar-refractivity contribution is 9.10. The van der Waals surface area contributed by atoms with Gasteiger partial charge in [-0.2, -0.15) is 0 Å². The molecule has 1 unspecified atom stereocenters. The highest BCUT2D eigenvalue weighted by Crippen LogP contribution is 2.43. The summed E-state index contributed by atoms with van der Waals surface area (Å²) in [5.41, 5.74) is 3.19. The van der Waals surface area contributed by atoms with Crippen molar-refractivity contribution >= 4 is 27.7 Å². The van der Waals surface area contributed by atoms with Crippen LogP contribution in [0.2, 0.25) is 0 Å². The van der Waals surface area contributed by atoms with E-state index >= 15 is 0 Å². The Balaban J connectivity index is 2.21. The molecule has 0 saturated heterocycles. The number of methoxy groups -OCH3 is 1. The zero-order chi connectivity index (χ0) is 17.4. The van der Waals surface area contributed by atoms with E-state index < -0.39 is 17.7 Å². The first-order chi connectivity index (χ1) is 11.4. The van der Waals surface area contributed by atoms with Crippen LogP contribution >= 0.6 is 15.9 Å². The Labute approximate surface area is 147 Å². The summed E-state index contributed by atoms with van der Waals surface area (Å²) in [5.74, 6) is -1.41. The van der Waals surface area contributed by atoms with E-state index in [4.69, 9.17) is 4.74 Å². The Bertz CT molecular complexity index is 797. The predicted octanol–water partition coefficient (Wildman–Crippen LogP) is 3.73. The number of carbonyl (C=O) groups excluding carboxylic acids is 2. The zero-order valence-electron chi connectivity index (χ0n) is 13.4. The van der Waals surface area contributed by atoms with Gasteiger partial charge in [0.05, 0.1) is 17.2 Å². The van der Waals surface area contributed by atoms with Gasteiger partial charge in [-0.25, -0.2) is 9.18 Å². The number of nitrogens with one attached hydrogen (secondary N) is 1. The van der Waals surface area contributed by atoms with E-state index in [1.54, 1.807) is 19.1 Å². The summed E-state index contributed by atoms with van der Waals surface area (Å²) < 4.78 is 18.9. The average Bonchev–Trinajstić information content (AvgIpc) is 2.55. The first kappa shape index (κ1) is 16.9. The maximum absolute atomic E-state index is 13.6. The first-order valence-electron chi connectivity index (χ1n) is 7.71. The second-order valence-corrected chi connectivity index (χ2v) is 6.79. The van der Waals surface area contributed by atoms with Crippen LogP contribution in [-0.4, -0.2) is 18.9 Å².